The summed E-state index contributed by atoms with van der Waals surface area (Å²) in [7, 11) is 0. The molecule has 1 saturated heterocycles. The highest BCUT2D eigenvalue weighted by molar-refractivity contribution is 5.96. The van der Waals surface area contributed by atoms with Gasteiger partial charge in [0.05, 0.1) is 24.3 Å². The summed E-state index contributed by atoms with van der Waals surface area (Å²) >= 11 is 0. The van der Waals surface area contributed by atoms with Crippen LogP contribution in [0.4, 0.5) is 0 Å². The Labute approximate surface area is 144 Å². The molecule has 5 heteroatoms. The zero-order valence-corrected chi connectivity index (χ0v) is 15.4. The van der Waals surface area contributed by atoms with Gasteiger partial charge < -0.3 is 9.47 Å². The van der Waals surface area contributed by atoms with E-state index in [1.807, 2.05) is 35.0 Å². The van der Waals surface area contributed by atoms with E-state index in [0.29, 0.717) is 6.04 Å². The Morgan fingerprint density at radius 3 is 2.67 bits per heavy atom. The third-order valence-corrected chi connectivity index (χ3v) is 5.03. The largest absolute Gasteiger partial charge is 0.346 e. The minimum Gasteiger partial charge on any atom is -0.346 e. The zero-order chi connectivity index (χ0) is 17.4. The van der Waals surface area contributed by atoms with Crippen LogP contribution in [0.15, 0.2) is 18.5 Å². The van der Waals surface area contributed by atoms with Gasteiger partial charge in [0.25, 0.3) is 5.91 Å². The normalized spacial score (nSPS) is 17.9. The van der Waals surface area contributed by atoms with E-state index < -0.39 is 0 Å². The number of aromatic nitrogens is 3. The first-order valence-electron chi connectivity index (χ1n) is 8.87. The van der Waals surface area contributed by atoms with Crippen molar-refractivity contribution in [3.63, 3.8) is 0 Å². The highest BCUT2D eigenvalue weighted by atomic mass is 16.2. The number of carbonyl (C=O) groups is 1. The highest BCUT2D eigenvalue weighted by Crippen LogP contribution is 2.26. The summed E-state index contributed by atoms with van der Waals surface area (Å²) in [5, 5.41) is 4.38. The summed E-state index contributed by atoms with van der Waals surface area (Å²) < 4.78 is 4.21. The lowest BCUT2D eigenvalue weighted by molar-refractivity contribution is 0.0720. The van der Waals surface area contributed by atoms with Gasteiger partial charge >= 0.3 is 0 Å². The first-order chi connectivity index (χ1) is 11.4. The maximum atomic E-state index is 13.1. The summed E-state index contributed by atoms with van der Waals surface area (Å²) in [6.45, 7) is 12.1. The van der Waals surface area contributed by atoms with Crippen LogP contribution in [0.3, 0.4) is 0 Å². The predicted molar refractivity (Wildman–Crippen MR) is 95.3 cm³/mol. The summed E-state index contributed by atoms with van der Waals surface area (Å²) in [6.07, 6.45) is 6.04. The third-order valence-electron chi connectivity index (χ3n) is 5.03. The van der Waals surface area contributed by atoms with Crippen LogP contribution in [0.5, 0.6) is 0 Å². The molecule has 0 aliphatic carbocycles. The van der Waals surface area contributed by atoms with Crippen molar-refractivity contribution < 1.29 is 4.79 Å². The molecule has 0 unspecified atom stereocenters. The summed E-state index contributed by atoms with van der Waals surface area (Å²) in [4.78, 5) is 15.2. The van der Waals surface area contributed by atoms with E-state index in [4.69, 9.17) is 0 Å². The molecular weight excluding hydrogens is 300 g/mol. The molecule has 0 radical (unpaired) electrons. The zero-order valence-electron chi connectivity index (χ0n) is 15.4. The van der Waals surface area contributed by atoms with E-state index in [0.717, 1.165) is 48.4 Å². The van der Waals surface area contributed by atoms with Gasteiger partial charge in [-0.3, -0.25) is 9.48 Å². The van der Waals surface area contributed by atoms with Gasteiger partial charge in [0.1, 0.15) is 0 Å². The molecule has 0 bridgehead atoms. The average Bonchev–Trinajstić information content (AvgIpc) is 3.19. The van der Waals surface area contributed by atoms with Crippen molar-refractivity contribution in [2.45, 2.75) is 66.1 Å². The molecule has 3 heterocycles. The van der Waals surface area contributed by atoms with E-state index in [9.17, 15) is 4.79 Å². The first kappa shape index (κ1) is 16.8. The molecule has 0 aromatic carbocycles. The van der Waals surface area contributed by atoms with Gasteiger partial charge in [-0.15, -0.1) is 0 Å². The van der Waals surface area contributed by atoms with Gasteiger partial charge in [0.15, 0.2) is 0 Å². The van der Waals surface area contributed by atoms with Gasteiger partial charge in [-0.05, 0) is 59.1 Å². The predicted octanol–water partition coefficient (Wildman–Crippen LogP) is 3.50. The molecule has 3 rings (SSSR count). The summed E-state index contributed by atoms with van der Waals surface area (Å²) in [5.41, 5.74) is 4.24. The smallest absolute Gasteiger partial charge is 0.255 e. The first-order valence-corrected chi connectivity index (χ1v) is 8.87. The average molecular weight is 328 g/mol. The number of rotatable bonds is 4. The van der Waals surface area contributed by atoms with Crippen LogP contribution in [0.1, 0.15) is 60.0 Å². The number of amides is 1. The van der Waals surface area contributed by atoms with E-state index >= 15 is 0 Å². The SMILES string of the molecule is Cc1cnn(C[C@@H]2CCCN2C(=O)c2cc(C)n(C(C)C)c2C)c1. The third kappa shape index (κ3) is 2.99. The van der Waals surface area contributed by atoms with Gasteiger partial charge in [0, 0.05) is 30.2 Å². The van der Waals surface area contributed by atoms with Crippen molar-refractivity contribution in [3.05, 3.63) is 41.0 Å². The van der Waals surface area contributed by atoms with Crippen LogP contribution in [0, 0.1) is 20.8 Å². The number of aryl methyl sites for hydroxylation is 2. The molecule has 1 atom stereocenters. The number of nitrogens with zero attached hydrogens (tertiary/aromatic N) is 4. The van der Waals surface area contributed by atoms with Gasteiger partial charge in [-0.25, -0.2) is 0 Å². The lowest BCUT2D eigenvalue weighted by atomic mass is 10.1. The van der Waals surface area contributed by atoms with Crippen molar-refractivity contribution in [2.75, 3.05) is 6.54 Å². The fourth-order valence-corrected chi connectivity index (χ4v) is 4.02. The summed E-state index contributed by atoms with van der Waals surface area (Å²) in [6, 6.07) is 2.65. The van der Waals surface area contributed by atoms with E-state index in [2.05, 4.69) is 37.4 Å². The van der Waals surface area contributed by atoms with Crippen molar-refractivity contribution in [1.29, 1.82) is 0 Å². The molecule has 2 aromatic heterocycles. The maximum Gasteiger partial charge on any atom is 0.255 e. The minimum atomic E-state index is 0.168. The molecule has 1 aliphatic rings. The second-order valence-corrected chi connectivity index (χ2v) is 7.28. The fourth-order valence-electron chi connectivity index (χ4n) is 4.02. The van der Waals surface area contributed by atoms with Gasteiger partial charge in [-0.1, -0.05) is 0 Å². The van der Waals surface area contributed by atoms with Crippen LogP contribution in [-0.4, -0.2) is 37.7 Å². The molecule has 1 aliphatic heterocycles. The second kappa shape index (κ2) is 6.46. The van der Waals surface area contributed by atoms with E-state index in [-0.39, 0.29) is 11.9 Å². The Balaban J connectivity index is 1.82. The number of likely N-dealkylation sites (tertiary alicyclic amines) is 1. The van der Waals surface area contributed by atoms with Crippen molar-refractivity contribution >= 4 is 5.91 Å². The molecule has 5 nitrogen and oxygen atoms in total. The molecule has 130 valence electrons. The molecule has 0 saturated carbocycles. The van der Waals surface area contributed by atoms with Crippen LogP contribution in [0.2, 0.25) is 0 Å². The molecular formula is C19H28N4O. The monoisotopic (exact) mass is 328 g/mol. The van der Waals surface area contributed by atoms with Crippen molar-refractivity contribution in [3.8, 4) is 0 Å². The highest BCUT2D eigenvalue weighted by Gasteiger charge is 2.31. The van der Waals surface area contributed by atoms with Crippen LogP contribution < -0.4 is 0 Å². The number of hydrogen-bond donors (Lipinski definition) is 0. The molecule has 1 amide bonds. The molecule has 24 heavy (non-hydrogen) atoms. The van der Waals surface area contributed by atoms with E-state index in [1.165, 1.54) is 0 Å². The van der Waals surface area contributed by atoms with Gasteiger partial charge in [0.2, 0.25) is 0 Å². The Kier molecular flexibility index (Phi) is 4.52. The maximum absolute atomic E-state index is 13.1. The minimum absolute atomic E-state index is 0.168. The summed E-state index contributed by atoms with van der Waals surface area (Å²) in [5.74, 6) is 0.168. The number of carbonyl (C=O) groups excluding carboxylic acids is 1. The van der Waals surface area contributed by atoms with E-state index in [1.54, 1.807) is 0 Å². The lowest BCUT2D eigenvalue weighted by Gasteiger charge is -2.25. The van der Waals surface area contributed by atoms with Crippen LogP contribution in [0.25, 0.3) is 0 Å². The number of hydrogen-bond acceptors (Lipinski definition) is 2. The lowest BCUT2D eigenvalue weighted by Crippen LogP contribution is -2.38. The Morgan fingerprint density at radius 1 is 1.33 bits per heavy atom. The second-order valence-electron chi connectivity index (χ2n) is 7.28. The van der Waals surface area contributed by atoms with Crippen LogP contribution >= 0.6 is 0 Å². The van der Waals surface area contributed by atoms with Crippen molar-refractivity contribution in [2.24, 2.45) is 0 Å². The fraction of sp³-hybridized carbons (Fsp3) is 0.579. The van der Waals surface area contributed by atoms with Crippen LogP contribution in [-0.2, 0) is 6.54 Å². The quantitative estimate of drug-likeness (QED) is 0.862. The molecule has 0 N–H and O–H groups in total. The molecule has 0 spiro atoms. The topological polar surface area (TPSA) is 43.1 Å². The van der Waals surface area contributed by atoms with Crippen molar-refractivity contribution in [1.82, 2.24) is 19.2 Å². The Bertz CT molecular complexity index is 741. The molecule has 2 aromatic rings. The Morgan fingerprint density at radius 2 is 2.08 bits per heavy atom. The molecule has 1 fully saturated rings. The standard InChI is InChI=1S/C19H28N4O/c1-13(2)23-15(4)9-18(16(23)5)19(24)22-8-6-7-17(22)12-21-11-14(3)10-20-21/h9-11,13,17H,6-8,12H2,1-5H3/t17-/m0/s1. The Hall–Kier alpha value is -2.04. The van der Waals surface area contributed by atoms with Gasteiger partial charge in [-0.2, -0.15) is 5.10 Å².